The van der Waals surface area contributed by atoms with Gasteiger partial charge in [0.2, 0.25) is 5.95 Å². The number of piperazine rings is 1. The molecule has 0 bridgehead atoms. The minimum atomic E-state index is 0.263. The molecule has 1 aliphatic rings. The van der Waals surface area contributed by atoms with Gasteiger partial charge in [0, 0.05) is 43.6 Å². The Labute approximate surface area is 117 Å². The average Bonchev–Trinajstić information content (AvgIpc) is 2.40. The third-order valence-corrected chi connectivity index (χ3v) is 3.29. The van der Waals surface area contributed by atoms with Crippen LogP contribution in [-0.2, 0) is 0 Å². The molecular weight excluding hydrogens is 236 g/mol. The van der Waals surface area contributed by atoms with Gasteiger partial charge in [0.05, 0.1) is 0 Å². The largest absolute Gasteiger partial charge is 0.338 e. The van der Waals surface area contributed by atoms with Crippen LogP contribution in [0.5, 0.6) is 0 Å². The van der Waals surface area contributed by atoms with Crippen LogP contribution < -0.4 is 4.90 Å². The summed E-state index contributed by atoms with van der Waals surface area (Å²) in [6, 6.07) is 1.94. The first-order valence-electron chi connectivity index (χ1n) is 7.26. The van der Waals surface area contributed by atoms with E-state index in [1.807, 2.05) is 33.0 Å². The number of rotatable bonds is 1. The molecule has 108 valence electrons. The normalized spacial score (nSPS) is 16.8. The predicted octanol–water partition coefficient (Wildman–Crippen LogP) is 2.73. The van der Waals surface area contributed by atoms with Crippen LogP contribution in [0.1, 0.15) is 40.3 Å². The smallest absolute Gasteiger partial charge is 0.225 e. The third-order valence-electron chi connectivity index (χ3n) is 3.29. The van der Waals surface area contributed by atoms with E-state index in [1.165, 1.54) is 0 Å². The topological polar surface area (TPSA) is 32.3 Å². The highest BCUT2D eigenvalue weighted by atomic mass is 15.3. The van der Waals surface area contributed by atoms with Crippen molar-refractivity contribution in [3.63, 3.8) is 0 Å². The molecule has 19 heavy (non-hydrogen) atoms. The summed E-state index contributed by atoms with van der Waals surface area (Å²) in [6.45, 7) is 17.0. The molecule has 1 aromatic rings. The van der Waals surface area contributed by atoms with E-state index in [9.17, 15) is 0 Å². The quantitative estimate of drug-likeness (QED) is 0.780. The van der Waals surface area contributed by atoms with Crippen molar-refractivity contribution >= 4 is 5.95 Å². The van der Waals surface area contributed by atoms with Gasteiger partial charge in [-0.05, 0) is 33.8 Å². The second kappa shape index (κ2) is 6.85. The Hall–Kier alpha value is -1.16. The van der Waals surface area contributed by atoms with Gasteiger partial charge in [-0.15, -0.1) is 0 Å². The minimum absolute atomic E-state index is 0.263. The molecule has 4 nitrogen and oxygen atoms in total. The van der Waals surface area contributed by atoms with Crippen molar-refractivity contribution in [3.8, 4) is 0 Å². The van der Waals surface area contributed by atoms with Gasteiger partial charge in [0.1, 0.15) is 0 Å². The van der Waals surface area contributed by atoms with Crippen molar-refractivity contribution in [3.05, 3.63) is 18.0 Å². The fourth-order valence-electron chi connectivity index (χ4n) is 2.17. The van der Waals surface area contributed by atoms with Crippen molar-refractivity contribution < 1.29 is 0 Å². The lowest BCUT2D eigenvalue weighted by Gasteiger charge is -2.42. The van der Waals surface area contributed by atoms with Gasteiger partial charge < -0.3 is 4.90 Å². The van der Waals surface area contributed by atoms with Gasteiger partial charge in [-0.2, -0.15) is 0 Å². The summed E-state index contributed by atoms with van der Waals surface area (Å²) in [5, 5.41) is 0. The van der Waals surface area contributed by atoms with Crippen LogP contribution in [0, 0.1) is 6.92 Å². The fourth-order valence-corrected chi connectivity index (χ4v) is 2.17. The molecule has 1 fully saturated rings. The molecule has 0 atom stereocenters. The Morgan fingerprint density at radius 3 is 2.11 bits per heavy atom. The van der Waals surface area contributed by atoms with Crippen LogP contribution in [0.4, 0.5) is 5.95 Å². The Morgan fingerprint density at radius 1 is 1.05 bits per heavy atom. The summed E-state index contributed by atoms with van der Waals surface area (Å²) in [5.74, 6) is 0.874. The Balaban J connectivity index is 0.000000861. The number of aryl methyl sites for hydroxylation is 1. The Kier molecular flexibility index (Phi) is 5.73. The van der Waals surface area contributed by atoms with E-state index in [4.69, 9.17) is 0 Å². The predicted molar refractivity (Wildman–Crippen MR) is 81.7 cm³/mol. The van der Waals surface area contributed by atoms with Crippen LogP contribution in [0.25, 0.3) is 0 Å². The summed E-state index contributed by atoms with van der Waals surface area (Å²) in [7, 11) is 0. The zero-order valence-corrected chi connectivity index (χ0v) is 13.3. The van der Waals surface area contributed by atoms with Crippen molar-refractivity contribution in [1.82, 2.24) is 14.9 Å². The molecule has 0 aliphatic carbocycles. The molecule has 0 radical (unpaired) electrons. The molecule has 2 rings (SSSR count). The second-order valence-corrected chi connectivity index (χ2v) is 5.64. The highest BCUT2D eigenvalue weighted by molar-refractivity contribution is 5.30. The van der Waals surface area contributed by atoms with E-state index < -0.39 is 0 Å². The van der Waals surface area contributed by atoms with Crippen LogP contribution in [0.15, 0.2) is 12.3 Å². The van der Waals surface area contributed by atoms with Crippen LogP contribution >= 0.6 is 0 Å². The van der Waals surface area contributed by atoms with E-state index in [0.717, 1.165) is 37.8 Å². The summed E-state index contributed by atoms with van der Waals surface area (Å²) in [5.41, 5.74) is 1.30. The van der Waals surface area contributed by atoms with Crippen molar-refractivity contribution in [2.24, 2.45) is 0 Å². The average molecular weight is 264 g/mol. The number of anilines is 1. The van der Waals surface area contributed by atoms with E-state index in [-0.39, 0.29) is 5.54 Å². The molecule has 1 aromatic heterocycles. The zero-order chi connectivity index (χ0) is 14.5. The van der Waals surface area contributed by atoms with Gasteiger partial charge in [0.15, 0.2) is 0 Å². The molecule has 0 saturated carbocycles. The summed E-state index contributed by atoms with van der Waals surface area (Å²) in [4.78, 5) is 13.6. The van der Waals surface area contributed by atoms with Gasteiger partial charge in [-0.3, -0.25) is 4.90 Å². The molecule has 0 unspecified atom stereocenters. The SMILES string of the molecule is CC.Cc1ccnc(N2CCN(C(C)(C)C)CC2)n1. The summed E-state index contributed by atoms with van der Waals surface area (Å²) in [6.07, 6.45) is 1.84. The van der Waals surface area contributed by atoms with E-state index in [2.05, 4.69) is 40.5 Å². The molecule has 0 aromatic carbocycles. The standard InChI is InChI=1S/C13H22N4.C2H6/c1-11-5-6-14-12(15-11)16-7-9-17(10-8-16)13(2,3)4;1-2/h5-6H,7-10H2,1-4H3;1-2H3. The molecule has 0 N–H and O–H groups in total. The number of hydrogen-bond donors (Lipinski definition) is 0. The van der Waals surface area contributed by atoms with Crippen LogP contribution in [0.2, 0.25) is 0 Å². The highest BCUT2D eigenvalue weighted by Crippen LogP contribution is 2.18. The fraction of sp³-hybridized carbons (Fsp3) is 0.733. The van der Waals surface area contributed by atoms with Crippen LogP contribution in [-0.4, -0.2) is 46.6 Å². The first-order chi connectivity index (χ1) is 8.97. The second-order valence-electron chi connectivity index (χ2n) is 5.64. The first-order valence-corrected chi connectivity index (χ1v) is 7.26. The van der Waals surface area contributed by atoms with Crippen LogP contribution in [0.3, 0.4) is 0 Å². The summed E-state index contributed by atoms with van der Waals surface area (Å²) < 4.78 is 0. The Morgan fingerprint density at radius 2 is 1.63 bits per heavy atom. The molecule has 2 heterocycles. The Bertz CT molecular complexity index is 376. The van der Waals surface area contributed by atoms with Gasteiger partial charge in [-0.25, -0.2) is 9.97 Å². The molecule has 1 saturated heterocycles. The van der Waals surface area contributed by atoms with E-state index >= 15 is 0 Å². The maximum absolute atomic E-state index is 4.48. The maximum atomic E-state index is 4.48. The number of nitrogens with zero attached hydrogens (tertiary/aromatic N) is 4. The number of aromatic nitrogens is 2. The molecule has 1 aliphatic heterocycles. The zero-order valence-electron chi connectivity index (χ0n) is 13.3. The number of hydrogen-bond acceptors (Lipinski definition) is 4. The van der Waals surface area contributed by atoms with E-state index in [1.54, 1.807) is 0 Å². The van der Waals surface area contributed by atoms with Gasteiger partial charge in [-0.1, -0.05) is 13.8 Å². The van der Waals surface area contributed by atoms with Crippen molar-refractivity contribution in [2.45, 2.75) is 47.1 Å². The van der Waals surface area contributed by atoms with Crippen molar-refractivity contribution in [2.75, 3.05) is 31.1 Å². The van der Waals surface area contributed by atoms with E-state index in [0.29, 0.717) is 0 Å². The third kappa shape index (κ3) is 4.46. The highest BCUT2D eigenvalue weighted by Gasteiger charge is 2.26. The summed E-state index contributed by atoms with van der Waals surface area (Å²) >= 11 is 0. The lowest BCUT2D eigenvalue weighted by Crippen LogP contribution is -2.53. The molecule has 0 amide bonds. The maximum Gasteiger partial charge on any atom is 0.225 e. The molecular formula is C15H28N4. The minimum Gasteiger partial charge on any atom is -0.338 e. The molecule has 0 spiro atoms. The lowest BCUT2D eigenvalue weighted by molar-refractivity contribution is 0.128. The van der Waals surface area contributed by atoms with Gasteiger partial charge in [0.25, 0.3) is 0 Å². The van der Waals surface area contributed by atoms with Crippen molar-refractivity contribution in [1.29, 1.82) is 0 Å². The monoisotopic (exact) mass is 264 g/mol. The first kappa shape index (κ1) is 15.9. The molecule has 4 heteroatoms. The van der Waals surface area contributed by atoms with Gasteiger partial charge >= 0.3 is 0 Å². The lowest BCUT2D eigenvalue weighted by atomic mass is 10.1.